The summed E-state index contributed by atoms with van der Waals surface area (Å²) in [6.07, 6.45) is 1.00. The molecule has 0 aliphatic heterocycles. The number of hydrogen-bond acceptors (Lipinski definition) is 0. The SMILES string of the molecule is [CH2-]C.[CH2-]CC.[Ti+2]. The predicted molar refractivity (Wildman–Crippen MR) is 26.7 cm³/mol. The molecule has 0 aromatic carbocycles. The molecule has 0 aromatic rings. The van der Waals surface area contributed by atoms with Crippen molar-refractivity contribution in [3.63, 3.8) is 0 Å². The molecule has 0 saturated carbocycles. The van der Waals surface area contributed by atoms with Gasteiger partial charge in [-0.05, 0) is 0 Å². The maximum absolute atomic E-state index is 3.49. The molecule has 0 heterocycles. The zero-order chi connectivity index (χ0) is 4.71. The third-order valence-electron chi connectivity index (χ3n) is 0. The molecule has 0 N–H and O–H groups in total. The predicted octanol–water partition coefficient (Wildman–Crippen LogP) is 2.07. The molecule has 0 atom stereocenters. The summed E-state index contributed by atoms with van der Waals surface area (Å²) in [6.45, 7) is 10.5. The van der Waals surface area contributed by atoms with Crippen molar-refractivity contribution in [3.05, 3.63) is 13.8 Å². The molecule has 0 amide bonds. The fraction of sp³-hybridized carbons (Fsp3) is 0.600. The van der Waals surface area contributed by atoms with Gasteiger partial charge in [0.25, 0.3) is 0 Å². The third-order valence-corrected chi connectivity index (χ3v) is 0. The molecule has 0 unspecified atom stereocenters. The van der Waals surface area contributed by atoms with Crippen molar-refractivity contribution in [3.8, 4) is 0 Å². The van der Waals surface area contributed by atoms with Crippen LogP contribution in [-0.4, -0.2) is 0 Å². The fourth-order valence-corrected chi connectivity index (χ4v) is 0. The zero-order valence-corrected chi connectivity index (χ0v) is 6.18. The van der Waals surface area contributed by atoms with Gasteiger partial charge in [-0.3, -0.25) is 0 Å². The molecule has 0 rings (SSSR count). The topological polar surface area (TPSA) is 0 Å². The van der Waals surface area contributed by atoms with Crippen molar-refractivity contribution in [1.29, 1.82) is 0 Å². The second kappa shape index (κ2) is 43.2. The number of rotatable bonds is 0. The van der Waals surface area contributed by atoms with E-state index in [0.29, 0.717) is 0 Å². The zero-order valence-electron chi connectivity index (χ0n) is 4.62. The molecule has 6 heavy (non-hydrogen) atoms. The van der Waals surface area contributed by atoms with E-state index in [1.165, 1.54) is 0 Å². The van der Waals surface area contributed by atoms with Gasteiger partial charge in [-0.25, -0.2) is 0 Å². The first-order valence-corrected chi connectivity index (χ1v) is 1.91. The van der Waals surface area contributed by atoms with Crippen LogP contribution in [0.3, 0.4) is 0 Å². The van der Waals surface area contributed by atoms with Crippen LogP contribution in [0.2, 0.25) is 0 Å². The van der Waals surface area contributed by atoms with Gasteiger partial charge in [0.15, 0.2) is 0 Å². The van der Waals surface area contributed by atoms with Crippen LogP contribution in [0, 0.1) is 13.8 Å². The Morgan fingerprint density at radius 1 is 1.33 bits per heavy atom. The monoisotopic (exact) mass is 120 g/mol. The summed E-state index contributed by atoms with van der Waals surface area (Å²) in [5.41, 5.74) is 0. The van der Waals surface area contributed by atoms with Crippen molar-refractivity contribution in [2.75, 3.05) is 0 Å². The smallest absolute Gasteiger partial charge is 0.346 e. The summed E-state index contributed by atoms with van der Waals surface area (Å²) in [4.78, 5) is 0. The average Bonchev–Trinajstić information content (AvgIpc) is 1.46. The van der Waals surface area contributed by atoms with Gasteiger partial charge >= 0.3 is 21.7 Å². The van der Waals surface area contributed by atoms with Gasteiger partial charge in [0.05, 0.1) is 0 Å². The summed E-state index contributed by atoms with van der Waals surface area (Å²) >= 11 is 0. The standard InChI is InChI=1S/C3H7.C2H5.Ti/c1-3-2;1-2;/h1,3H2,2H3;1H2,2H3;/q2*-1;+2. The maximum Gasteiger partial charge on any atom is 2.00 e. The summed E-state index contributed by atoms with van der Waals surface area (Å²) in [5, 5.41) is 0. The summed E-state index contributed by atoms with van der Waals surface area (Å²) in [5.74, 6) is 0. The molecular weight excluding hydrogens is 108 g/mol. The van der Waals surface area contributed by atoms with Crippen LogP contribution in [0.4, 0.5) is 0 Å². The van der Waals surface area contributed by atoms with Gasteiger partial charge in [0.1, 0.15) is 0 Å². The Morgan fingerprint density at radius 2 is 1.33 bits per heavy atom. The third kappa shape index (κ3) is 127. The Labute approximate surface area is 56.2 Å². The van der Waals surface area contributed by atoms with Crippen molar-refractivity contribution in [2.45, 2.75) is 20.3 Å². The van der Waals surface area contributed by atoms with Gasteiger partial charge in [0, 0.05) is 0 Å². The Kier molecular flexibility index (Phi) is 114. The molecule has 0 spiro atoms. The normalized spacial score (nSPS) is 4.00. The fourth-order valence-electron chi connectivity index (χ4n) is 0. The van der Waals surface area contributed by atoms with E-state index in [1.54, 1.807) is 6.92 Å². The maximum atomic E-state index is 3.49. The van der Waals surface area contributed by atoms with E-state index < -0.39 is 0 Å². The van der Waals surface area contributed by atoms with Gasteiger partial charge in [0.2, 0.25) is 0 Å². The molecule has 36 valence electrons. The summed E-state index contributed by atoms with van der Waals surface area (Å²) < 4.78 is 0. The van der Waals surface area contributed by atoms with Crippen LogP contribution < -0.4 is 0 Å². The molecule has 0 aliphatic carbocycles. The van der Waals surface area contributed by atoms with E-state index in [4.69, 9.17) is 0 Å². The molecule has 1 heteroatoms. The minimum Gasteiger partial charge on any atom is -0.346 e. The molecule has 0 nitrogen and oxygen atoms in total. The first kappa shape index (κ1) is 15.9. The molecule has 0 saturated heterocycles. The average molecular weight is 120 g/mol. The van der Waals surface area contributed by atoms with E-state index in [0.717, 1.165) is 6.42 Å². The van der Waals surface area contributed by atoms with Crippen LogP contribution in [0.1, 0.15) is 20.3 Å². The van der Waals surface area contributed by atoms with Gasteiger partial charge in [-0.1, -0.05) is 6.92 Å². The van der Waals surface area contributed by atoms with E-state index in [-0.39, 0.29) is 21.7 Å². The second-order valence-corrected chi connectivity index (χ2v) is 0.500. The van der Waals surface area contributed by atoms with Gasteiger partial charge in [-0.2, -0.15) is 13.3 Å². The van der Waals surface area contributed by atoms with E-state index in [9.17, 15) is 0 Å². The van der Waals surface area contributed by atoms with Crippen LogP contribution >= 0.6 is 0 Å². The first-order chi connectivity index (χ1) is 2.41. The molecule has 0 fully saturated rings. The van der Waals surface area contributed by atoms with Gasteiger partial charge < -0.3 is 13.8 Å². The van der Waals surface area contributed by atoms with Crippen molar-refractivity contribution in [2.24, 2.45) is 0 Å². The van der Waals surface area contributed by atoms with Crippen molar-refractivity contribution >= 4 is 0 Å². The van der Waals surface area contributed by atoms with Crippen molar-refractivity contribution in [1.82, 2.24) is 0 Å². The van der Waals surface area contributed by atoms with Crippen LogP contribution in [-0.2, 0) is 21.7 Å². The van der Waals surface area contributed by atoms with Gasteiger partial charge in [-0.15, -0.1) is 0 Å². The van der Waals surface area contributed by atoms with E-state index in [1.807, 2.05) is 6.92 Å². The minimum absolute atomic E-state index is 0. The first-order valence-electron chi connectivity index (χ1n) is 1.91. The molecular formula is C5H12Ti. The van der Waals surface area contributed by atoms with E-state index >= 15 is 0 Å². The second-order valence-electron chi connectivity index (χ2n) is 0.500. The number of hydrogen-bond donors (Lipinski definition) is 0. The molecule has 0 aromatic heterocycles. The molecule has 0 aliphatic rings. The quantitative estimate of drug-likeness (QED) is 0.339. The summed E-state index contributed by atoms with van der Waals surface area (Å²) in [7, 11) is 0. The molecule has 0 radical (unpaired) electrons. The Bertz CT molecular complexity index is 3.90. The molecule has 0 bridgehead atoms. The van der Waals surface area contributed by atoms with E-state index in [2.05, 4.69) is 13.8 Å². The Hall–Kier alpha value is 0.714. The van der Waals surface area contributed by atoms with Crippen LogP contribution in [0.5, 0.6) is 0 Å². The van der Waals surface area contributed by atoms with Crippen LogP contribution in [0.25, 0.3) is 0 Å². The summed E-state index contributed by atoms with van der Waals surface area (Å²) in [6, 6.07) is 0. The minimum atomic E-state index is 0. The Balaban J connectivity index is -0.0000000275. The van der Waals surface area contributed by atoms with Crippen molar-refractivity contribution < 1.29 is 21.7 Å². The van der Waals surface area contributed by atoms with Crippen LogP contribution in [0.15, 0.2) is 0 Å². The largest absolute Gasteiger partial charge is 2.00 e. The Morgan fingerprint density at radius 3 is 1.33 bits per heavy atom.